The average Bonchev–Trinajstić information content (AvgIpc) is 2.94. The van der Waals surface area contributed by atoms with E-state index in [0.717, 1.165) is 0 Å². The highest BCUT2D eigenvalue weighted by Gasteiger charge is 2.15. The quantitative estimate of drug-likeness (QED) is 0.709. The molecule has 0 aliphatic rings. The molecule has 8 nitrogen and oxygen atoms in total. The highest BCUT2D eigenvalue weighted by Crippen LogP contribution is 2.16. The van der Waals surface area contributed by atoms with E-state index in [9.17, 15) is 9.59 Å². The first-order valence-corrected chi connectivity index (χ1v) is 5.85. The molecule has 8 heteroatoms. The van der Waals surface area contributed by atoms with Crippen LogP contribution in [-0.2, 0) is 13.6 Å². The molecule has 2 N–H and O–H groups in total. The van der Waals surface area contributed by atoms with Gasteiger partial charge >= 0.3 is 11.7 Å². The summed E-state index contributed by atoms with van der Waals surface area (Å²) >= 11 is 0. The van der Waals surface area contributed by atoms with E-state index in [1.807, 2.05) is 0 Å². The van der Waals surface area contributed by atoms with E-state index in [0.29, 0.717) is 16.9 Å². The number of aromatic nitrogens is 5. The Kier molecular flexibility index (Phi) is 2.63. The van der Waals surface area contributed by atoms with E-state index in [4.69, 9.17) is 5.11 Å². The molecule has 0 bridgehead atoms. The molecule has 0 unspecified atom stereocenters. The number of benzene rings is 1. The lowest BCUT2D eigenvalue weighted by molar-refractivity contribution is 0.0699. The van der Waals surface area contributed by atoms with Crippen molar-refractivity contribution in [2.45, 2.75) is 6.54 Å². The van der Waals surface area contributed by atoms with Crippen molar-refractivity contribution in [3.63, 3.8) is 0 Å². The number of rotatable bonds is 3. The molecule has 0 radical (unpaired) electrons. The molecule has 20 heavy (non-hydrogen) atoms. The lowest BCUT2D eigenvalue weighted by Gasteiger charge is -2.00. The molecule has 0 saturated heterocycles. The molecule has 2 heterocycles. The standard InChI is InChI=1S/C12H11N5O3/c1-16-6-13-9(15-16)5-17-8-4-2-3-7(11(18)19)10(8)14-12(17)20/h2-4,6H,5H2,1H3,(H,14,20)(H,18,19). The number of aromatic amines is 1. The van der Waals surface area contributed by atoms with Crippen molar-refractivity contribution < 1.29 is 9.90 Å². The van der Waals surface area contributed by atoms with Gasteiger partial charge in [0.1, 0.15) is 6.33 Å². The number of carboxylic acids is 1. The number of hydrogen-bond donors (Lipinski definition) is 2. The van der Waals surface area contributed by atoms with Crippen molar-refractivity contribution in [1.82, 2.24) is 24.3 Å². The molecule has 0 atom stereocenters. The normalized spacial score (nSPS) is 11.1. The van der Waals surface area contributed by atoms with E-state index < -0.39 is 5.97 Å². The average molecular weight is 273 g/mol. The second-order valence-corrected chi connectivity index (χ2v) is 4.36. The maximum atomic E-state index is 12.0. The Balaban J connectivity index is 2.16. The number of H-pyrrole nitrogens is 1. The summed E-state index contributed by atoms with van der Waals surface area (Å²) in [6, 6.07) is 4.73. The van der Waals surface area contributed by atoms with Gasteiger partial charge in [0, 0.05) is 7.05 Å². The second-order valence-electron chi connectivity index (χ2n) is 4.36. The molecule has 1 aromatic carbocycles. The van der Waals surface area contributed by atoms with Crippen molar-refractivity contribution in [3.8, 4) is 0 Å². The van der Waals surface area contributed by atoms with Gasteiger partial charge in [-0.3, -0.25) is 9.25 Å². The summed E-state index contributed by atoms with van der Waals surface area (Å²) in [5.41, 5.74) is 0.497. The lowest BCUT2D eigenvalue weighted by Crippen LogP contribution is -2.18. The first-order valence-electron chi connectivity index (χ1n) is 5.85. The van der Waals surface area contributed by atoms with Gasteiger partial charge in [0.25, 0.3) is 0 Å². The number of fused-ring (bicyclic) bond motifs is 1. The number of imidazole rings is 1. The highest BCUT2D eigenvalue weighted by molar-refractivity contribution is 6.00. The summed E-state index contributed by atoms with van der Waals surface area (Å²) in [6.45, 7) is 0.183. The Hall–Kier alpha value is -2.90. The first kappa shape index (κ1) is 12.2. The first-order chi connectivity index (χ1) is 9.56. The zero-order chi connectivity index (χ0) is 14.3. The van der Waals surface area contributed by atoms with E-state index in [1.165, 1.54) is 21.6 Å². The molecule has 0 fully saturated rings. The van der Waals surface area contributed by atoms with Gasteiger partial charge in [-0.05, 0) is 12.1 Å². The van der Waals surface area contributed by atoms with Gasteiger partial charge in [-0.15, -0.1) is 0 Å². The van der Waals surface area contributed by atoms with Crippen LogP contribution in [0.3, 0.4) is 0 Å². The van der Waals surface area contributed by atoms with Gasteiger partial charge in [-0.25, -0.2) is 14.6 Å². The Labute approximate surface area is 112 Å². The second kappa shape index (κ2) is 4.34. The molecular formula is C12H11N5O3. The van der Waals surface area contributed by atoms with E-state index in [2.05, 4.69) is 15.1 Å². The van der Waals surface area contributed by atoms with Crippen molar-refractivity contribution in [2.75, 3.05) is 0 Å². The van der Waals surface area contributed by atoms with Crippen LogP contribution in [0.5, 0.6) is 0 Å². The summed E-state index contributed by atoms with van der Waals surface area (Å²) in [4.78, 5) is 29.7. The van der Waals surface area contributed by atoms with Gasteiger partial charge in [0.2, 0.25) is 0 Å². The number of hydrogen-bond acceptors (Lipinski definition) is 4. The number of carbonyl (C=O) groups is 1. The monoisotopic (exact) mass is 273 g/mol. The van der Waals surface area contributed by atoms with Crippen LogP contribution in [0.15, 0.2) is 29.3 Å². The molecule has 3 aromatic rings. The van der Waals surface area contributed by atoms with Crippen molar-refractivity contribution in [3.05, 3.63) is 46.4 Å². The van der Waals surface area contributed by atoms with Crippen LogP contribution in [0.25, 0.3) is 11.0 Å². The zero-order valence-electron chi connectivity index (χ0n) is 10.6. The predicted molar refractivity (Wildman–Crippen MR) is 69.6 cm³/mol. The Bertz CT molecular complexity index is 857. The summed E-state index contributed by atoms with van der Waals surface area (Å²) < 4.78 is 2.95. The summed E-state index contributed by atoms with van der Waals surface area (Å²) in [5, 5.41) is 13.2. The van der Waals surface area contributed by atoms with Crippen LogP contribution < -0.4 is 5.69 Å². The van der Waals surface area contributed by atoms with Crippen LogP contribution in [0.2, 0.25) is 0 Å². The van der Waals surface area contributed by atoms with Crippen LogP contribution in [-0.4, -0.2) is 35.4 Å². The van der Waals surface area contributed by atoms with Crippen LogP contribution >= 0.6 is 0 Å². The number of nitrogens with zero attached hydrogens (tertiary/aromatic N) is 4. The number of aryl methyl sites for hydroxylation is 1. The summed E-state index contributed by atoms with van der Waals surface area (Å²) in [5.74, 6) is -0.601. The van der Waals surface area contributed by atoms with E-state index in [1.54, 1.807) is 19.2 Å². The van der Waals surface area contributed by atoms with Crippen LogP contribution in [0.1, 0.15) is 16.2 Å². The van der Waals surface area contributed by atoms with E-state index in [-0.39, 0.29) is 17.8 Å². The maximum absolute atomic E-state index is 12.0. The predicted octanol–water partition coefficient (Wildman–Crippen LogP) is 0.205. The largest absolute Gasteiger partial charge is 0.478 e. The molecule has 0 amide bonds. The minimum absolute atomic E-state index is 0.0623. The molecule has 2 aromatic heterocycles. The minimum Gasteiger partial charge on any atom is -0.478 e. The Morgan fingerprint density at radius 3 is 2.90 bits per heavy atom. The summed E-state index contributed by atoms with van der Waals surface area (Å²) in [7, 11) is 1.73. The SMILES string of the molecule is Cn1cnc(Cn2c(=O)[nH]c3c(C(=O)O)cccc32)n1. The van der Waals surface area contributed by atoms with Crippen LogP contribution in [0.4, 0.5) is 0 Å². The van der Waals surface area contributed by atoms with Gasteiger partial charge in [0.05, 0.1) is 23.1 Å². The third kappa shape index (κ3) is 1.87. The number of carboxylic acid groups (broad SMARTS) is 1. The topological polar surface area (TPSA) is 106 Å². The molecule has 0 saturated carbocycles. The van der Waals surface area contributed by atoms with E-state index >= 15 is 0 Å². The lowest BCUT2D eigenvalue weighted by atomic mass is 10.2. The number of para-hydroxylation sites is 1. The fourth-order valence-electron chi connectivity index (χ4n) is 2.11. The minimum atomic E-state index is -1.08. The maximum Gasteiger partial charge on any atom is 0.337 e. The molecule has 0 aliphatic heterocycles. The number of aromatic carboxylic acids is 1. The van der Waals surface area contributed by atoms with Crippen molar-refractivity contribution in [1.29, 1.82) is 0 Å². The fraction of sp³-hybridized carbons (Fsp3) is 0.167. The van der Waals surface area contributed by atoms with Gasteiger partial charge in [-0.2, -0.15) is 5.10 Å². The molecule has 3 rings (SSSR count). The Morgan fingerprint density at radius 1 is 1.45 bits per heavy atom. The van der Waals surface area contributed by atoms with Crippen LogP contribution in [0, 0.1) is 0 Å². The van der Waals surface area contributed by atoms with Gasteiger partial charge in [0.15, 0.2) is 5.82 Å². The van der Waals surface area contributed by atoms with Gasteiger partial charge < -0.3 is 10.1 Å². The third-order valence-electron chi connectivity index (χ3n) is 2.99. The third-order valence-corrected chi connectivity index (χ3v) is 2.99. The molecule has 0 spiro atoms. The number of nitrogens with one attached hydrogen (secondary N) is 1. The fourth-order valence-corrected chi connectivity index (χ4v) is 2.11. The summed E-state index contributed by atoms with van der Waals surface area (Å²) in [6.07, 6.45) is 1.54. The smallest absolute Gasteiger partial charge is 0.337 e. The highest BCUT2D eigenvalue weighted by atomic mass is 16.4. The Morgan fingerprint density at radius 2 is 2.25 bits per heavy atom. The molecule has 0 aliphatic carbocycles. The molecule has 102 valence electrons. The zero-order valence-corrected chi connectivity index (χ0v) is 10.6. The van der Waals surface area contributed by atoms with Crippen molar-refractivity contribution in [2.24, 2.45) is 7.05 Å². The van der Waals surface area contributed by atoms with Crippen molar-refractivity contribution >= 4 is 17.0 Å². The molecular weight excluding hydrogens is 262 g/mol. The van der Waals surface area contributed by atoms with Gasteiger partial charge in [-0.1, -0.05) is 6.07 Å².